The average Bonchev–Trinajstić information content (AvgIpc) is 2.65. The lowest BCUT2D eigenvalue weighted by Crippen LogP contribution is -2.09. The Labute approximate surface area is 89.0 Å². The first kappa shape index (κ1) is 10.1. The van der Waals surface area contributed by atoms with E-state index in [9.17, 15) is 4.79 Å². The second-order valence-electron chi connectivity index (χ2n) is 3.79. The van der Waals surface area contributed by atoms with Crippen LogP contribution in [0, 0.1) is 0 Å². The summed E-state index contributed by atoms with van der Waals surface area (Å²) in [6, 6.07) is 0. The zero-order valence-corrected chi connectivity index (χ0v) is 8.94. The average molecular weight is 205 g/mol. The summed E-state index contributed by atoms with van der Waals surface area (Å²) in [7, 11) is 0. The van der Waals surface area contributed by atoms with Gasteiger partial charge in [0.25, 0.3) is 0 Å². The molecule has 0 amide bonds. The van der Waals surface area contributed by atoms with E-state index < -0.39 is 0 Å². The zero-order valence-electron chi connectivity index (χ0n) is 8.94. The molecule has 1 heterocycles. The van der Waals surface area contributed by atoms with Crippen molar-refractivity contribution in [3.8, 4) is 0 Å². The summed E-state index contributed by atoms with van der Waals surface area (Å²) in [5, 5.41) is 4.11. The number of hydrogen-bond acceptors (Lipinski definition) is 3. The Kier molecular flexibility index (Phi) is 2.94. The van der Waals surface area contributed by atoms with Crippen molar-refractivity contribution < 1.29 is 4.79 Å². The standard InChI is InChI=1S/C11H15N3O/c1-2-14-11(12-8-13-14)7-9-4-3-5-10(15)6-9/h6,8H,2-5,7H2,1H3. The highest BCUT2D eigenvalue weighted by Gasteiger charge is 2.12. The number of nitrogens with zero attached hydrogens (tertiary/aromatic N) is 3. The third-order valence-electron chi connectivity index (χ3n) is 2.67. The molecule has 1 aromatic rings. The molecule has 1 aliphatic rings. The van der Waals surface area contributed by atoms with E-state index in [1.807, 2.05) is 11.6 Å². The first-order valence-corrected chi connectivity index (χ1v) is 5.38. The van der Waals surface area contributed by atoms with Gasteiger partial charge in [0.05, 0.1) is 0 Å². The van der Waals surface area contributed by atoms with Crippen molar-refractivity contribution in [2.45, 2.75) is 39.2 Å². The Morgan fingerprint density at radius 1 is 1.47 bits per heavy atom. The number of allylic oxidation sites excluding steroid dienone is 2. The van der Waals surface area contributed by atoms with Crippen molar-refractivity contribution in [3.05, 3.63) is 23.8 Å². The number of aryl methyl sites for hydroxylation is 1. The van der Waals surface area contributed by atoms with Crippen molar-refractivity contribution in [2.75, 3.05) is 0 Å². The highest BCUT2D eigenvalue weighted by molar-refractivity contribution is 5.91. The fourth-order valence-corrected chi connectivity index (χ4v) is 1.89. The van der Waals surface area contributed by atoms with Crippen molar-refractivity contribution in [3.63, 3.8) is 0 Å². The number of ketones is 1. The maximum atomic E-state index is 11.2. The lowest BCUT2D eigenvalue weighted by atomic mass is 9.96. The normalized spacial score (nSPS) is 16.6. The van der Waals surface area contributed by atoms with Crippen LogP contribution >= 0.6 is 0 Å². The molecule has 0 unspecified atom stereocenters. The van der Waals surface area contributed by atoms with Gasteiger partial charge in [0.2, 0.25) is 0 Å². The number of carbonyl (C=O) groups is 1. The molecule has 2 rings (SSSR count). The van der Waals surface area contributed by atoms with Gasteiger partial charge in [-0.15, -0.1) is 0 Å². The molecule has 4 nitrogen and oxygen atoms in total. The summed E-state index contributed by atoms with van der Waals surface area (Å²) in [6.07, 6.45) is 6.80. The highest BCUT2D eigenvalue weighted by atomic mass is 16.1. The van der Waals surface area contributed by atoms with Crippen LogP contribution in [0.15, 0.2) is 18.0 Å². The van der Waals surface area contributed by atoms with Crippen LogP contribution in [0.5, 0.6) is 0 Å². The maximum Gasteiger partial charge on any atom is 0.155 e. The molecule has 1 aliphatic carbocycles. The Hall–Kier alpha value is -1.45. The van der Waals surface area contributed by atoms with E-state index in [-0.39, 0.29) is 5.78 Å². The molecule has 15 heavy (non-hydrogen) atoms. The smallest absolute Gasteiger partial charge is 0.155 e. The highest BCUT2D eigenvalue weighted by Crippen LogP contribution is 2.18. The van der Waals surface area contributed by atoms with Gasteiger partial charge in [-0.1, -0.05) is 5.57 Å². The molecule has 4 heteroatoms. The third-order valence-corrected chi connectivity index (χ3v) is 2.67. The van der Waals surface area contributed by atoms with Crippen LogP contribution < -0.4 is 0 Å². The monoisotopic (exact) mass is 205 g/mol. The molecule has 0 saturated heterocycles. The molecule has 0 N–H and O–H groups in total. The van der Waals surface area contributed by atoms with E-state index in [1.165, 1.54) is 5.57 Å². The Morgan fingerprint density at radius 3 is 3.07 bits per heavy atom. The van der Waals surface area contributed by atoms with Crippen LogP contribution in [0.25, 0.3) is 0 Å². The van der Waals surface area contributed by atoms with Gasteiger partial charge in [-0.05, 0) is 25.8 Å². The van der Waals surface area contributed by atoms with E-state index in [2.05, 4.69) is 10.1 Å². The van der Waals surface area contributed by atoms with Gasteiger partial charge in [-0.25, -0.2) is 4.98 Å². The minimum Gasteiger partial charge on any atom is -0.295 e. The molecule has 0 aliphatic heterocycles. The van der Waals surface area contributed by atoms with Crippen molar-refractivity contribution in [1.82, 2.24) is 14.8 Å². The van der Waals surface area contributed by atoms with E-state index in [0.29, 0.717) is 6.42 Å². The van der Waals surface area contributed by atoms with Crippen molar-refractivity contribution in [1.29, 1.82) is 0 Å². The second kappa shape index (κ2) is 4.38. The maximum absolute atomic E-state index is 11.2. The number of hydrogen-bond donors (Lipinski definition) is 0. The van der Waals surface area contributed by atoms with Crippen molar-refractivity contribution in [2.24, 2.45) is 0 Å². The summed E-state index contributed by atoms with van der Waals surface area (Å²) in [5.41, 5.74) is 1.19. The Balaban J connectivity index is 2.11. The molecular weight excluding hydrogens is 190 g/mol. The molecular formula is C11H15N3O. The molecule has 80 valence electrons. The summed E-state index contributed by atoms with van der Waals surface area (Å²) >= 11 is 0. The molecule has 0 spiro atoms. The topological polar surface area (TPSA) is 47.8 Å². The van der Waals surface area contributed by atoms with E-state index in [4.69, 9.17) is 0 Å². The van der Waals surface area contributed by atoms with Crippen LogP contribution in [0.3, 0.4) is 0 Å². The molecule has 0 radical (unpaired) electrons. The van der Waals surface area contributed by atoms with Gasteiger partial charge < -0.3 is 0 Å². The first-order chi connectivity index (χ1) is 7.29. The van der Waals surface area contributed by atoms with Gasteiger partial charge in [0.1, 0.15) is 12.2 Å². The molecule has 1 aromatic heterocycles. The van der Waals surface area contributed by atoms with Crippen molar-refractivity contribution >= 4 is 5.78 Å². The minimum absolute atomic E-state index is 0.249. The summed E-state index contributed by atoms with van der Waals surface area (Å²) < 4.78 is 1.87. The molecule has 0 aromatic carbocycles. The van der Waals surface area contributed by atoms with Crippen LogP contribution in [0.2, 0.25) is 0 Å². The summed E-state index contributed by atoms with van der Waals surface area (Å²) in [6.45, 7) is 2.87. The molecule has 0 bridgehead atoms. The molecule has 0 fully saturated rings. The second-order valence-corrected chi connectivity index (χ2v) is 3.79. The van der Waals surface area contributed by atoms with Gasteiger partial charge in [0, 0.05) is 19.4 Å². The van der Waals surface area contributed by atoms with E-state index in [0.717, 1.165) is 31.6 Å². The SMILES string of the molecule is CCn1ncnc1CC1=CC(=O)CCC1. The number of aromatic nitrogens is 3. The summed E-state index contributed by atoms with van der Waals surface area (Å²) in [4.78, 5) is 15.4. The van der Waals surface area contributed by atoms with Gasteiger partial charge in [-0.2, -0.15) is 5.10 Å². The van der Waals surface area contributed by atoms with Crippen LogP contribution in [0.1, 0.15) is 32.0 Å². The first-order valence-electron chi connectivity index (χ1n) is 5.38. The van der Waals surface area contributed by atoms with Gasteiger partial charge >= 0.3 is 0 Å². The number of rotatable bonds is 3. The van der Waals surface area contributed by atoms with E-state index in [1.54, 1.807) is 12.4 Å². The molecule has 0 saturated carbocycles. The predicted octanol–water partition coefficient (Wildman–Crippen LogP) is 1.52. The van der Waals surface area contributed by atoms with Crippen LogP contribution in [-0.2, 0) is 17.8 Å². The lowest BCUT2D eigenvalue weighted by molar-refractivity contribution is -0.115. The third kappa shape index (κ3) is 2.32. The number of carbonyl (C=O) groups excluding carboxylic acids is 1. The largest absolute Gasteiger partial charge is 0.295 e. The van der Waals surface area contributed by atoms with Gasteiger partial charge in [-0.3, -0.25) is 9.48 Å². The molecule has 0 atom stereocenters. The zero-order chi connectivity index (χ0) is 10.7. The van der Waals surface area contributed by atoms with Crippen LogP contribution in [0.4, 0.5) is 0 Å². The fourth-order valence-electron chi connectivity index (χ4n) is 1.89. The van der Waals surface area contributed by atoms with Gasteiger partial charge in [0.15, 0.2) is 5.78 Å². The Morgan fingerprint density at radius 2 is 2.33 bits per heavy atom. The summed E-state index contributed by atoms with van der Waals surface area (Å²) in [5.74, 6) is 1.21. The minimum atomic E-state index is 0.249. The fraction of sp³-hybridized carbons (Fsp3) is 0.545. The van der Waals surface area contributed by atoms with E-state index >= 15 is 0 Å². The Bertz CT molecular complexity index is 392. The van der Waals surface area contributed by atoms with Crippen LogP contribution in [-0.4, -0.2) is 20.5 Å². The lowest BCUT2D eigenvalue weighted by Gasteiger charge is -2.11. The predicted molar refractivity (Wildman–Crippen MR) is 56.3 cm³/mol. The quantitative estimate of drug-likeness (QED) is 0.751.